The molecule has 2 aromatic carbocycles. The van der Waals surface area contributed by atoms with E-state index in [0.717, 1.165) is 10.2 Å². The number of carbonyl (C=O) groups excluding carboxylic acids is 2. The average Bonchev–Trinajstić information content (AvgIpc) is 2.50. The standard InChI is InChI=1S/C16H16BrN3O2/c17-12-6-8-14(9-7-12)19-15(21)10-11-18-16(22)20-13-4-2-1-3-5-13/h1-9H,10-11H2,(H,19,21)(H2,18,20,22). The van der Waals surface area contributed by atoms with E-state index < -0.39 is 0 Å². The molecule has 0 aliphatic carbocycles. The third kappa shape index (κ3) is 5.57. The Morgan fingerprint density at radius 3 is 2.18 bits per heavy atom. The number of halogens is 1. The van der Waals surface area contributed by atoms with Gasteiger partial charge in [0.15, 0.2) is 0 Å². The largest absolute Gasteiger partial charge is 0.337 e. The fourth-order valence-electron chi connectivity index (χ4n) is 1.74. The Morgan fingerprint density at radius 1 is 0.864 bits per heavy atom. The van der Waals surface area contributed by atoms with Gasteiger partial charge in [0.2, 0.25) is 5.91 Å². The number of urea groups is 1. The lowest BCUT2D eigenvalue weighted by Crippen LogP contribution is -2.31. The summed E-state index contributed by atoms with van der Waals surface area (Å²) < 4.78 is 0.949. The normalized spacial score (nSPS) is 9.86. The van der Waals surface area contributed by atoms with E-state index >= 15 is 0 Å². The van der Waals surface area contributed by atoms with Crippen molar-refractivity contribution in [1.82, 2.24) is 5.32 Å². The van der Waals surface area contributed by atoms with Crippen molar-refractivity contribution >= 4 is 39.2 Å². The number of hydrogen-bond acceptors (Lipinski definition) is 2. The number of nitrogens with one attached hydrogen (secondary N) is 3. The molecule has 5 nitrogen and oxygen atoms in total. The van der Waals surface area contributed by atoms with E-state index in [0.29, 0.717) is 5.69 Å². The van der Waals surface area contributed by atoms with Crippen LogP contribution in [0.15, 0.2) is 59.1 Å². The summed E-state index contributed by atoms with van der Waals surface area (Å²) in [4.78, 5) is 23.4. The van der Waals surface area contributed by atoms with Crippen LogP contribution < -0.4 is 16.0 Å². The zero-order chi connectivity index (χ0) is 15.8. The molecule has 0 bridgehead atoms. The van der Waals surface area contributed by atoms with Crippen LogP contribution in [-0.2, 0) is 4.79 Å². The average molecular weight is 362 g/mol. The number of carbonyl (C=O) groups is 2. The molecule has 0 radical (unpaired) electrons. The Morgan fingerprint density at radius 2 is 1.50 bits per heavy atom. The third-order valence-electron chi connectivity index (χ3n) is 2.80. The van der Waals surface area contributed by atoms with Gasteiger partial charge in [0, 0.05) is 28.8 Å². The van der Waals surface area contributed by atoms with Crippen molar-refractivity contribution in [2.45, 2.75) is 6.42 Å². The van der Waals surface area contributed by atoms with E-state index in [9.17, 15) is 9.59 Å². The first-order valence-electron chi connectivity index (χ1n) is 6.79. The molecular weight excluding hydrogens is 346 g/mol. The Bertz CT molecular complexity index is 630. The first-order valence-corrected chi connectivity index (χ1v) is 7.58. The number of hydrogen-bond donors (Lipinski definition) is 3. The molecule has 0 atom stereocenters. The molecule has 0 spiro atoms. The Hall–Kier alpha value is -2.34. The van der Waals surface area contributed by atoms with Crippen LogP contribution >= 0.6 is 15.9 Å². The molecule has 6 heteroatoms. The maximum Gasteiger partial charge on any atom is 0.319 e. The molecule has 0 saturated carbocycles. The van der Waals surface area contributed by atoms with E-state index in [1.165, 1.54) is 0 Å². The number of rotatable bonds is 5. The minimum Gasteiger partial charge on any atom is -0.337 e. The summed E-state index contributed by atoms with van der Waals surface area (Å²) >= 11 is 3.33. The molecule has 0 heterocycles. The topological polar surface area (TPSA) is 70.2 Å². The fraction of sp³-hybridized carbons (Fsp3) is 0.125. The van der Waals surface area contributed by atoms with Gasteiger partial charge in [-0.25, -0.2) is 4.79 Å². The highest BCUT2D eigenvalue weighted by atomic mass is 79.9. The lowest BCUT2D eigenvalue weighted by Gasteiger charge is -2.08. The van der Waals surface area contributed by atoms with Gasteiger partial charge in [-0.15, -0.1) is 0 Å². The van der Waals surface area contributed by atoms with Gasteiger partial charge in [0.25, 0.3) is 0 Å². The first kappa shape index (κ1) is 16.0. The summed E-state index contributed by atoms with van der Waals surface area (Å²) in [6.45, 7) is 0.265. The molecular formula is C16H16BrN3O2. The lowest BCUT2D eigenvalue weighted by atomic mass is 10.3. The molecule has 114 valence electrons. The van der Waals surface area contributed by atoms with Crippen molar-refractivity contribution in [2.75, 3.05) is 17.2 Å². The van der Waals surface area contributed by atoms with Crippen LogP contribution in [0, 0.1) is 0 Å². The van der Waals surface area contributed by atoms with Crippen LogP contribution in [0.3, 0.4) is 0 Å². The van der Waals surface area contributed by atoms with Gasteiger partial charge in [-0.2, -0.15) is 0 Å². The summed E-state index contributed by atoms with van der Waals surface area (Å²) in [7, 11) is 0. The zero-order valence-electron chi connectivity index (χ0n) is 11.8. The summed E-state index contributed by atoms with van der Waals surface area (Å²) in [5.74, 6) is -0.151. The number of amides is 3. The maximum atomic E-state index is 11.7. The van der Waals surface area contributed by atoms with E-state index in [4.69, 9.17) is 0 Å². The van der Waals surface area contributed by atoms with Crippen LogP contribution in [0.1, 0.15) is 6.42 Å². The van der Waals surface area contributed by atoms with Crippen molar-refractivity contribution in [1.29, 1.82) is 0 Å². The van der Waals surface area contributed by atoms with E-state index in [2.05, 4.69) is 31.9 Å². The van der Waals surface area contributed by atoms with Crippen molar-refractivity contribution in [2.24, 2.45) is 0 Å². The Kier molecular flexibility index (Phi) is 5.97. The Labute approximate surface area is 137 Å². The zero-order valence-corrected chi connectivity index (χ0v) is 13.4. The summed E-state index contributed by atoms with van der Waals surface area (Å²) in [6, 6.07) is 16.1. The van der Waals surface area contributed by atoms with Crippen molar-refractivity contribution in [3.8, 4) is 0 Å². The van der Waals surface area contributed by atoms with Gasteiger partial charge in [0.05, 0.1) is 0 Å². The number of anilines is 2. The molecule has 0 fully saturated rings. The Balaban J connectivity index is 1.68. The molecule has 0 aliphatic rings. The molecule has 0 unspecified atom stereocenters. The molecule has 2 aromatic rings. The molecule has 3 amide bonds. The van der Waals surface area contributed by atoms with Crippen LogP contribution in [0.2, 0.25) is 0 Å². The van der Waals surface area contributed by atoms with Gasteiger partial charge >= 0.3 is 6.03 Å². The highest BCUT2D eigenvalue weighted by molar-refractivity contribution is 9.10. The molecule has 3 N–H and O–H groups in total. The quantitative estimate of drug-likeness (QED) is 0.761. The maximum absolute atomic E-state index is 11.7. The van der Waals surface area contributed by atoms with Crippen molar-refractivity contribution in [3.63, 3.8) is 0 Å². The fourth-order valence-corrected chi connectivity index (χ4v) is 2.01. The number of para-hydroxylation sites is 1. The second-order valence-electron chi connectivity index (χ2n) is 4.55. The van der Waals surface area contributed by atoms with Gasteiger partial charge in [0.1, 0.15) is 0 Å². The number of benzene rings is 2. The minimum atomic E-state index is -0.331. The molecule has 0 aliphatic heterocycles. The van der Waals surface area contributed by atoms with Gasteiger partial charge < -0.3 is 16.0 Å². The van der Waals surface area contributed by atoms with Crippen LogP contribution in [0.5, 0.6) is 0 Å². The minimum absolute atomic E-state index is 0.151. The SMILES string of the molecule is O=C(CCNC(=O)Nc1ccccc1)Nc1ccc(Br)cc1. The van der Waals surface area contributed by atoms with Gasteiger partial charge in [-0.1, -0.05) is 34.1 Å². The lowest BCUT2D eigenvalue weighted by molar-refractivity contribution is -0.116. The second kappa shape index (κ2) is 8.19. The van der Waals surface area contributed by atoms with Crippen molar-refractivity contribution < 1.29 is 9.59 Å². The van der Waals surface area contributed by atoms with E-state index in [1.54, 1.807) is 24.3 Å². The van der Waals surface area contributed by atoms with Crippen LogP contribution in [0.25, 0.3) is 0 Å². The molecule has 0 aromatic heterocycles. The predicted molar refractivity (Wildman–Crippen MR) is 90.9 cm³/mol. The smallest absolute Gasteiger partial charge is 0.319 e. The van der Waals surface area contributed by atoms with E-state index in [-0.39, 0.29) is 24.9 Å². The van der Waals surface area contributed by atoms with Crippen molar-refractivity contribution in [3.05, 3.63) is 59.1 Å². The van der Waals surface area contributed by atoms with E-state index in [1.807, 2.05) is 30.3 Å². The molecule has 2 rings (SSSR count). The highest BCUT2D eigenvalue weighted by Gasteiger charge is 2.04. The van der Waals surface area contributed by atoms with Crippen LogP contribution in [-0.4, -0.2) is 18.5 Å². The summed E-state index contributed by atoms with van der Waals surface area (Å²) in [5.41, 5.74) is 1.43. The molecule has 0 saturated heterocycles. The van der Waals surface area contributed by atoms with Gasteiger partial charge in [-0.05, 0) is 36.4 Å². The predicted octanol–water partition coefficient (Wildman–Crippen LogP) is 3.60. The summed E-state index contributed by atoms with van der Waals surface area (Å²) in [6.07, 6.45) is 0.207. The highest BCUT2D eigenvalue weighted by Crippen LogP contribution is 2.14. The first-order chi connectivity index (χ1) is 10.6. The summed E-state index contributed by atoms with van der Waals surface area (Å²) in [5, 5.41) is 8.08. The molecule has 22 heavy (non-hydrogen) atoms. The van der Waals surface area contributed by atoms with Crippen LogP contribution in [0.4, 0.5) is 16.2 Å². The third-order valence-corrected chi connectivity index (χ3v) is 3.33. The second-order valence-corrected chi connectivity index (χ2v) is 5.47. The van der Waals surface area contributed by atoms with Gasteiger partial charge in [-0.3, -0.25) is 4.79 Å². The monoisotopic (exact) mass is 361 g/mol.